The number of halogens is 6. The third-order valence-corrected chi connectivity index (χ3v) is 19.0. The Morgan fingerprint density at radius 2 is 0.578 bits per heavy atom. The SMILES string of the molecule is CNCCC(Oc1ccccc1C)c1ccccc1.CNCCC(c1cccc(F)c1)c1ccc(O)c(F)c1.CNCCC(c1cccc(F)c1)c1ccc(OC)c(F)c1.COc1ccccc1OC(CCN)c1ccccc1.Cc1ccccc1OC(CCN)c1ccccc1.NCCC(c1cccc(F)c1)c1ccc(O)c(F)c1. The summed E-state index contributed by atoms with van der Waals surface area (Å²) in [5.41, 5.74) is 27.4. The molecular weight excluding hydrogens is 1480 g/mol. The molecule has 6 atom stereocenters. The van der Waals surface area contributed by atoms with Crippen LogP contribution in [-0.2, 0) is 0 Å². The van der Waals surface area contributed by atoms with Crippen molar-refractivity contribution >= 4 is 0 Å². The highest BCUT2D eigenvalue weighted by Crippen LogP contribution is 2.37. The lowest BCUT2D eigenvalue weighted by atomic mass is 9.88. The molecule has 11 N–H and O–H groups in total. The molecule has 0 spiro atoms. The van der Waals surface area contributed by atoms with Crippen LogP contribution in [0.25, 0.3) is 0 Å². The monoisotopic (exact) mass is 1580 g/mol. The van der Waals surface area contributed by atoms with Gasteiger partial charge in [0.2, 0.25) is 0 Å². The Bertz CT molecular complexity index is 4790. The highest BCUT2D eigenvalue weighted by molar-refractivity contribution is 5.43. The Morgan fingerprint density at radius 1 is 0.284 bits per heavy atom. The van der Waals surface area contributed by atoms with Gasteiger partial charge in [0.25, 0.3) is 0 Å². The van der Waals surface area contributed by atoms with Crippen molar-refractivity contribution in [3.05, 3.63) is 387 Å². The van der Waals surface area contributed by atoms with Crippen LogP contribution in [0.3, 0.4) is 0 Å². The normalized spacial score (nSPS) is 12.2. The van der Waals surface area contributed by atoms with E-state index in [1.165, 1.54) is 90.5 Å². The molecule has 0 saturated carbocycles. The number of nitrogens with two attached hydrogens (primary N) is 3. The lowest BCUT2D eigenvalue weighted by Gasteiger charge is -2.20. The lowest BCUT2D eigenvalue weighted by molar-refractivity contribution is 0.189. The Labute approximate surface area is 680 Å². The molecule has 13 nitrogen and oxygen atoms in total. The number of benzene rings is 12. The summed E-state index contributed by atoms with van der Waals surface area (Å²) < 4.78 is 110. The van der Waals surface area contributed by atoms with Gasteiger partial charge in [0.15, 0.2) is 46.2 Å². The fourth-order valence-corrected chi connectivity index (χ4v) is 12.9. The molecule has 0 aliphatic rings. The number of aryl methyl sites for hydroxylation is 2. The van der Waals surface area contributed by atoms with Crippen molar-refractivity contribution in [1.82, 2.24) is 16.0 Å². The predicted molar refractivity (Wildman–Crippen MR) is 455 cm³/mol. The van der Waals surface area contributed by atoms with E-state index in [0.29, 0.717) is 38.0 Å². The van der Waals surface area contributed by atoms with Crippen LogP contribution in [0.4, 0.5) is 26.3 Å². The van der Waals surface area contributed by atoms with Crippen LogP contribution < -0.4 is 56.8 Å². The van der Waals surface area contributed by atoms with Gasteiger partial charge < -0.3 is 67.0 Å². The number of para-hydroxylation sites is 4. The van der Waals surface area contributed by atoms with Crippen molar-refractivity contribution in [3.8, 4) is 40.2 Å². The molecule has 12 aromatic carbocycles. The van der Waals surface area contributed by atoms with Crippen LogP contribution in [0.2, 0.25) is 0 Å². The van der Waals surface area contributed by atoms with Crippen LogP contribution >= 0.6 is 0 Å². The van der Waals surface area contributed by atoms with Gasteiger partial charge in [0.1, 0.15) is 47.3 Å². The molecule has 12 rings (SSSR count). The highest BCUT2D eigenvalue weighted by Gasteiger charge is 2.22. The molecule has 612 valence electrons. The fraction of sp³-hybridized carbons (Fsp3) is 0.258. The van der Waals surface area contributed by atoms with Gasteiger partial charge in [-0.15, -0.1) is 0 Å². The lowest BCUT2D eigenvalue weighted by Crippen LogP contribution is -2.16. The van der Waals surface area contributed by atoms with Crippen molar-refractivity contribution in [1.29, 1.82) is 0 Å². The number of phenols is 2. The van der Waals surface area contributed by atoms with Gasteiger partial charge in [-0.25, -0.2) is 26.3 Å². The van der Waals surface area contributed by atoms with Crippen LogP contribution in [0.5, 0.6) is 40.2 Å². The zero-order chi connectivity index (χ0) is 83.4. The van der Waals surface area contributed by atoms with Gasteiger partial charge in [0.05, 0.1) is 14.2 Å². The van der Waals surface area contributed by atoms with Crippen LogP contribution in [0.1, 0.15) is 136 Å². The molecular formula is C97H110F6N6O7. The first-order valence-corrected chi connectivity index (χ1v) is 38.9. The first kappa shape index (κ1) is 91.8. The van der Waals surface area contributed by atoms with E-state index in [9.17, 15) is 36.6 Å². The molecule has 0 fully saturated rings. The van der Waals surface area contributed by atoms with Crippen molar-refractivity contribution in [3.63, 3.8) is 0 Å². The standard InChI is InChI=1S/C17H19F2NO.C17H21NO.C16H17F2NO.C16H19NO2.C16H19NO.C15H15F2NO/c1-20-9-8-15(12-4-3-5-14(18)10-12)13-6-7-17(21-2)16(19)11-13;1-14-8-6-7-11-16(14)19-17(12-13-18-2)15-9-4-3-5-10-15;1-19-8-7-14(11-3-2-4-13(17)9-11)12-5-6-16(20)15(18)10-12;1-18-15-9-5-6-10-16(15)19-14(11-12-17)13-7-3-2-4-8-13;1-13-7-5-6-10-15(13)18-16(11-12-17)14-8-3-2-4-9-14;16-12-3-1-2-10(8-12)13(6-7-18)11-4-5-15(19)14(17)9-11/h3-7,10-11,15,20H,8-9H2,1-2H3;3-11,17-18H,12-13H2,1-2H3;2-6,9-10,14,19-20H,7-8H2,1H3;2-10,14H,11-12,17H2,1H3;2-10,16H,11-12,17H2,1H3;1-5,8-9,13,19H,6-7,18H2. The largest absolute Gasteiger partial charge is 0.505 e. The zero-order valence-corrected chi connectivity index (χ0v) is 67.1. The second-order valence-corrected chi connectivity index (χ2v) is 27.3. The number of hydrogen-bond donors (Lipinski definition) is 8. The van der Waals surface area contributed by atoms with Crippen molar-refractivity contribution in [2.24, 2.45) is 17.2 Å². The molecule has 0 bridgehead atoms. The number of aromatic hydroxyl groups is 2. The molecule has 0 radical (unpaired) electrons. The van der Waals surface area contributed by atoms with E-state index < -0.39 is 23.2 Å². The van der Waals surface area contributed by atoms with E-state index in [-0.39, 0.29) is 65.0 Å². The molecule has 19 heteroatoms. The second-order valence-electron chi connectivity index (χ2n) is 27.3. The van der Waals surface area contributed by atoms with E-state index in [4.69, 9.17) is 40.9 Å². The summed E-state index contributed by atoms with van der Waals surface area (Å²) in [6.07, 6.45) is 4.65. The average molecular weight is 1590 g/mol. The molecule has 12 aromatic rings. The predicted octanol–water partition coefficient (Wildman–Crippen LogP) is 20.6. The summed E-state index contributed by atoms with van der Waals surface area (Å²) in [7, 11) is 8.74. The number of hydrogen-bond acceptors (Lipinski definition) is 13. The van der Waals surface area contributed by atoms with E-state index in [2.05, 4.69) is 90.5 Å². The third-order valence-electron chi connectivity index (χ3n) is 19.0. The number of nitrogens with one attached hydrogen (secondary N) is 3. The minimum absolute atomic E-state index is 0.0253. The smallest absolute Gasteiger partial charge is 0.165 e. The molecule has 0 heterocycles. The maximum absolute atomic E-state index is 13.9. The van der Waals surface area contributed by atoms with E-state index >= 15 is 0 Å². The van der Waals surface area contributed by atoms with Crippen molar-refractivity contribution in [2.75, 3.05) is 74.6 Å². The number of ether oxygens (including phenoxy) is 5. The van der Waals surface area contributed by atoms with Gasteiger partial charge in [-0.3, -0.25) is 0 Å². The minimum atomic E-state index is -0.684. The Hall–Kier alpha value is -11.4. The molecule has 0 aliphatic carbocycles. The first-order valence-electron chi connectivity index (χ1n) is 38.9. The summed E-state index contributed by atoms with van der Waals surface area (Å²) >= 11 is 0. The summed E-state index contributed by atoms with van der Waals surface area (Å²) in [6.45, 7) is 8.16. The zero-order valence-electron chi connectivity index (χ0n) is 67.1. The Kier molecular flexibility index (Phi) is 40.1. The molecule has 0 aliphatic heterocycles. The Balaban J connectivity index is 0.000000193. The average Bonchev–Trinajstić information content (AvgIpc) is 0.846. The maximum Gasteiger partial charge on any atom is 0.165 e. The van der Waals surface area contributed by atoms with Gasteiger partial charge in [-0.1, -0.05) is 194 Å². The van der Waals surface area contributed by atoms with Crippen LogP contribution in [0, 0.1) is 48.8 Å². The highest BCUT2D eigenvalue weighted by atomic mass is 19.1. The summed E-state index contributed by atoms with van der Waals surface area (Å²) in [5, 5.41) is 27.8. The topological polar surface area (TPSA) is 201 Å². The van der Waals surface area contributed by atoms with E-state index in [1.54, 1.807) is 49.6 Å². The third kappa shape index (κ3) is 30.1. The minimum Gasteiger partial charge on any atom is -0.505 e. The van der Waals surface area contributed by atoms with E-state index in [0.717, 1.165) is 107 Å². The van der Waals surface area contributed by atoms with Gasteiger partial charge >= 0.3 is 0 Å². The maximum atomic E-state index is 13.9. The quantitative estimate of drug-likeness (QED) is 0.0185. The van der Waals surface area contributed by atoms with E-state index in [1.807, 2.05) is 142 Å². The fourth-order valence-electron chi connectivity index (χ4n) is 12.9. The molecule has 116 heavy (non-hydrogen) atoms. The summed E-state index contributed by atoms with van der Waals surface area (Å²) in [5.74, 6) is -0.214. The van der Waals surface area contributed by atoms with Gasteiger partial charge in [-0.2, -0.15) is 0 Å². The van der Waals surface area contributed by atoms with Gasteiger partial charge in [0, 0.05) is 37.0 Å². The van der Waals surface area contributed by atoms with Crippen molar-refractivity contribution in [2.45, 2.75) is 88.4 Å². The first-order chi connectivity index (χ1) is 56.3. The van der Waals surface area contributed by atoms with Gasteiger partial charge in [-0.05, 0) is 252 Å². The second kappa shape index (κ2) is 50.7. The molecule has 0 aromatic heterocycles. The van der Waals surface area contributed by atoms with Crippen LogP contribution in [0.15, 0.2) is 291 Å². The molecule has 0 amide bonds. The molecule has 0 saturated heterocycles. The van der Waals surface area contributed by atoms with Crippen LogP contribution in [-0.4, -0.2) is 84.8 Å². The number of methoxy groups -OCH3 is 2. The number of rotatable bonds is 32. The van der Waals surface area contributed by atoms with Crippen molar-refractivity contribution < 1.29 is 60.2 Å². The number of phenolic OH excluding ortho intramolecular Hbond substituents is 2. The Morgan fingerprint density at radius 3 is 0.914 bits per heavy atom. The molecule has 6 unspecified atom stereocenters. The summed E-state index contributed by atoms with van der Waals surface area (Å²) in [4.78, 5) is 0. The summed E-state index contributed by atoms with van der Waals surface area (Å²) in [6, 6.07) is 87.0.